The van der Waals surface area contributed by atoms with Gasteiger partial charge >= 0.3 is 0 Å². The second kappa shape index (κ2) is 4.48. The van der Waals surface area contributed by atoms with Crippen molar-refractivity contribution in [2.24, 2.45) is 29.6 Å². The molecule has 0 aromatic carbocycles. The summed E-state index contributed by atoms with van der Waals surface area (Å²) in [5.41, 5.74) is 1.40. The Kier molecular flexibility index (Phi) is 2.98. The molecule has 3 aliphatic carbocycles. The fourth-order valence-electron chi connectivity index (χ4n) is 4.27. The SMILES string of the molecule is C=C(C)C1CCC2C(C=CCC3CC=CC32)C1. The first-order valence-corrected chi connectivity index (χ1v) is 7.24. The van der Waals surface area contributed by atoms with Gasteiger partial charge in [0.15, 0.2) is 0 Å². The van der Waals surface area contributed by atoms with Crippen molar-refractivity contribution >= 4 is 0 Å². The molecule has 0 amide bonds. The molecule has 0 aliphatic heterocycles. The van der Waals surface area contributed by atoms with Crippen LogP contribution in [0, 0.1) is 29.6 Å². The summed E-state index contributed by atoms with van der Waals surface area (Å²) in [4.78, 5) is 0. The van der Waals surface area contributed by atoms with Gasteiger partial charge in [-0.05, 0) is 68.6 Å². The molecule has 1 fully saturated rings. The molecular formula is C17H24. The standard InChI is InChI=1S/C17H24/c1-12(2)14-9-10-17-15(11-14)7-3-5-13-6-4-8-16(13)17/h3-4,7-8,13-17H,1,5-6,9-11H2,2H3. The van der Waals surface area contributed by atoms with E-state index < -0.39 is 0 Å². The first-order chi connectivity index (χ1) is 8.25. The van der Waals surface area contributed by atoms with Crippen LogP contribution in [0.1, 0.15) is 39.0 Å². The number of allylic oxidation sites excluding steroid dienone is 5. The molecule has 92 valence electrons. The molecule has 0 heterocycles. The first-order valence-electron chi connectivity index (χ1n) is 7.24. The minimum atomic E-state index is 0.780. The highest BCUT2D eigenvalue weighted by Gasteiger charge is 2.38. The highest BCUT2D eigenvalue weighted by molar-refractivity contribution is 5.13. The van der Waals surface area contributed by atoms with Gasteiger partial charge in [-0.15, -0.1) is 0 Å². The van der Waals surface area contributed by atoms with Crippen LogP contribution in [0.3, 0.4) is 0 Å². The molecule has 0 aromatic rings. The Labute approximate surface area is 105 Å². The van der Waals surface area contributed by atoms with E-state index in [0.29, 0.717) is 0 Å². The van der Waals surface area contributed by atoms with Crippen molar-refractivity contribution in [3.63, 3.8) is 0 Å². The van der Waals surface area contributed by atoms with Crippen molar-refractivity contribution in [2.75, 3.05) is 0 Å². The number of rotatable bonds is 1. The van der Waals surface area contributed by atoms with Crippen LogP contribution in [-0.4, -0.2) is 0 Å². The maximum Gasteiger partial charge on any atom is -0.0165 e. The lowest BCUT2D eigenvalue weighted by atomic mass is 9.66. The van der Waals surface area contributed by atoms with E-state index in [1.165, 1.54) is 37.7 Å². The summed E-state index contributed by atoms with van der Waals surface area (Å²) < 4.78 is 0. The normalized spacial score (nSPS) is 43.9. The van der Waals surface area contributed by atoms with Gasteiger partial charge in [0, 0.05) is 0 Å². The third-order valence-corrected chi connectivity index (χ3v) is 5.31. The molecule has 1 saturated carbocycles. The van der Waals surface area contributed by atoms with E-state index in [9.17, 15) is 0 Å². The van der Waals surface area contributed by atoms with E-state index in [4.69, 9.17) is 0 Å². The zero-order valence-electron chi connectivity index (χ0n) is 10.9. The van der Waals surface area contributed by atoms with E-state index in [2.05, 4.69) is 37.8 Å². The number of fused-ring (bicyclic) bond motifs is 3. The summed E-state index contributed by atoms with van der Waals surface area (Å²) in [6, 6.07) is 0. The van der Waals surface area contributed by atoms with Crippen LogP contribution < -0.4 is 0 Å². The Balaban J connectivity index is 1.79. The Hall–Kier alpha value is -0.780. The van der Waals surface area contributed by atoms with Crippen LogP contribution in [0.25, 0.3) is 0 Å². The summed E-state index contributed by atoms with van der Waals surface area (Å²) in [5.74, 6) is 4.32. The minimum Gasteiger partial charge on any atom is -0.0999 e. The van der Waals surface area contributed by atoms with Gasteiger partial charge in [-0.1, -0.05) is 36.5 Å². The fourth-order valence-corrected chi connectivity index (χ4v) is 4.27. The summed E-state index contributed by atoms with van der Waals surface area (Å²) in [7, 11) is 0. The number of hydrogen-bond acceptors (Lipinski definition) is 0. The van der Waals surface area contributed by atoms with Crippen LogP contribution in [0.4, 0.5) is 0 Å². The third kappa shape index (κ3) is 2.03. The van der Waals surface area contributed by atoms with Gasteiger partial charge in [0.25, 0.3) is 0 Å². The molecule has 0 heteroatoms. The van der Waals surface area contributed by atoms with Crippen LogP contribution in [0.2, 0.25) is 0 Å². The van der Waals surface area contributed by atoms with E-state index in [1.54, 1.807) is 0 Å². The number of hydrogen-bond donors (Lipinski definition) is 0. The smallest absolute Gasteiger partial charge is 0.0165 e. The highest BCUT2D eigenvalue weighted by Crippen LogP contribution is 2.48. The van der Waals surface area contributed by atoms with Gasteiger partial charge in [-0.25, -0.2) is 0 Å². The van der Waals surface area contributed by atoms with Crippen molar-refractivity contribution in [1.29, 1.82) is 0 Å². The second-order valence-corrected chi connectivity index (χ2v) is 6.35. The van der Waals surface area contributed by atoms with Crippen LogP contribution >= 0.6 is 0 Å². The molecule has 0 N–H and O–H groups in total. The summed E-state index contributed by atoms with van der Waals surface area (Å²) in [5, 5.41) is 0. The molecule has 0 spiro atoms. The van der Waals surface area contributed by atoms with Gasteiger partial charge in [0.05, 0.1) is 0 Å². The lowest BCUT2D eigenvalue weighted by Gasteiger charge is -2.38. The summed E-state index contributed by atoms with van der Waals surface area (Å²) in [6.07, 6.45) is 16.7. The molecule has 3 aliphatic rings. The fraction of sp³-hybridized carbons (Fsp3) is 0.647. The van der Waals surface area contributed by atoms with E-state index in [-0.39, 0.29) is 0 Å². The Morgan fingerprint density at radius 3 is 2.65 bits per heavy atom. The zero-order chi connectivity index (χ0) is 11.8. The van der Waals surface area contributed by atoms with Crippen LogP contribution in [0.5, 0.6) is 0 Å². The van der Waals surface area contributed by atoms with E-state index >= 15 is 0 Å². The molecule has 5 atom stereocenters. The Morgan fingerprint density at radius 2 is 1.88 bits per heavy atom. The first kappa shape index (κ1) is 11.3. The third-order valence-electron chi connectivity index (χ3n) is 5.31. The van der Waals surface area contributed by atoms with E-state index in [0.717, 1.165) is 29.6 Å². The summed E-state index contributed by atoms with van der Waals surface area (Å²) >= 11 is 0. The molecule has 0 aromatic heterocycles. The van der Waals surface area contributed by atoms with Gasteiger partial charge in [0.2, 0.25) is 0 Å². The predicted octanol–water partition coefficient (Wildman–Crippen LogP) is 4.75. The molecular weight excluding hydrogens is 204 g/mol. The van der Waals surface area contributed by atoms with Gasteiger partial charge < -0.3 is 0 Å². The Morgan fingerprint density at radius 1 is 1.12 bits per heavy atom. The monoisotopic (exact) mass is 228 g/mol. The molecule has 5 unspecified atom stereocenters. The van der Waals surface area contributed by atoms with Crippen LogP contribution in [0.15, 0.2) is 36.5 Å². The topological polar surface area (TPSA) is 0 Å². The largest absolute Gasteiger partial charge is 0.0999 e. The maximum atomic E-state index is 4.17. The lowest BCUT2D eigenvalue weighted by molar-refractivity contribution is 0.166. The second-order valence-electron chi connectivity index (χ2n) is 6.35. The van der Waals surface area contributed by atoms with Gasteiger partial charge in [-0.3, -0.25) is 0 Å². The minimum absolute atomic E-state index is 0.780. The molecule has 17 heavy (non-hydrogen) atoms. The predicted molar refractivity (Wildman–Crippen MR) is 73.6 cm³/mol. The average Bonchev–Trinajstić information content (AvgIpc) is 2.71. The van der Waals surface area contributed by atoms with Crippen molar-refractivity contribution in [2.45, 2.75) is 39.0 Å². The van der Waals surface area contributed by atoms with E-state index in [1.807, 2.05) is 0 Å². The van der Waals surface area contributed by atoms with Crippen molar-refractivity contribution in [1.82, 2.24) is 0 Å². The molecule has 3 rings (SSSR count). The van der Waals surface area contributed by atoms with Crippen molar-refractivity contribution < 1.29 is 0 Å². The van der Waals surface area contributed by atoms with Crippen molar-refractivity contribution in [3.05, 3.63) is 36.5 Å². The van der Waals surface area contributed by atoms with Crippen LogP contribution in [-0.2, 0) is 0 Å². The van der Waals surface area contributed by atoms with Gasteiger partial charge in [-0.2, -0.15) is 0 Å². The maximum absolute atomic E-state index is 4.17. The molecule has 0 saturated heterocycles. The highest BCUT2D eigenvalue weighted by atomic mass is 14.4. The molecule has 0 radical (unpaired) electrons. The zero-order valence-corrected chi connectivity index (χ0v) is 10.9. The lowest BCUT2D eigenvalue weighted by Crippen LogP contribution is -2.30. The van der Waals surface area contributed by atoms with Gasteiger partial charge in [0.1, 0.15) is 0 Å². The Bertz CT molecular complexity index is 360. The molecule has 0 bridgehead atoms. The average molecular weight is 228 g/mol. The van der Waals surface area contributed by atoms with Crippen molar-refractivity contribution in [3.8, 4) is 0 Å². The summed E-state index contributed by atoms with van der Waals surface area (Å²) in [6.45, 7) is 6.38. The quantitative estimate of drug-likeness (QED) is 0.568. The molecule has 0 nitrogen and oxygen atoms in total.